The number of hydrogen-bond donors (Lipinski definition) is 1. The summed E-state index contributed by atoms with van der Waals surface area (Å²) >= 11 is 5.93. The first-order valence-corrected chi connectivity index (χ1v) is 5.27. The largest absolute Gasteiger partial charge is 0.486 e. The third-order valence-corrected chi connectivity index (χ3v) is 2.49. The van der Waals surface area contributed by atoms with Crippen LogP contribution in [0.2, 0.25) is 5.02 Å². The first-order chi connectivity index (χ1) is 7.79. The number of halogens is 1. The van der Waals surface area contributed by atoms with Crippen LogP contribution in [0.5, 0.6) is 5.75 Å². The van der Waals surface area contributed by atoms with E-state index in [9.17, 15) is 4.79 Å². The van der Waals surface area contributed by atoms with Crippen molar-refractivity contribution in [1.82, 2.24) is 4.98 Å². The number of carbonyl (C=O) groups is 1. The summed E-state index contributed by atoms with van der Waals surface area (Å²) in [6, 6.07) is 1.59. The highest BCUT2D eigenvalue weighted by molar-refractivity contribution is 6.32. The van der Waals surface area contributed by atoms with E-state index in [-0.39, 0.29) is 6.10 Å². The molecule has 1 unspecified atom stereocenters. The Morgan fingerprint density at radius 3 is 3.25 bits per heavy atom. The topological polar surface area (TPSA) is 60.5 Å². The van der Waals surface area contributed by atoms with Gasteiger partial charge in [0.1, 0.15) is 22.7 Å². The van der Waals surface area contributed by atoms with Crippen LogP contribution in [-0.4, -0.2) is 30.7 Å². The van der Waals surface area contributed by atoms with Gasteiger partial charge in [0, 0.05) is 12.5 Å². The molecule has 2 heterocycles. The van der Waals surface area contributed by atoms with Crippen LogP contribution in [-0.2, 0) is 9.53 Å². The van der Waals surface area contributed by atoms with Crippen LogP contribution in [0.25, 0.3) is 0 Å². The van der Waals surface area contributed by atoms with Crippen molar-refractivity contribution in [2.45, 2.75) is 12.5 Å². The van der Waals surface area contributed by atoms with E-state index >= 15 is 0 Å². The number of carbonyl (C=O) groups excluding carboxylic acids is 1. The number of nitrogens with one attached hydrogen (secondary N) is 1. The maximum Gasteiger partial charge on any atom is 0.212 e. The summed E-state index contributed by atoms with van der Waals surface area (Å²) in [4.78, 5) is 14.2. The Morgan fingerprint density at radius 2 is 2.56 bits per heavy atom. The first-order valence-electron chi connectivity index (χ1n) is 4.89. The summed E-state index contributed by atoms with van der Waals surface area (Å²) in [5.74, 6) is 0.921. The molecular formula is C10H11ClN2O3. The number of nitrogens with zero attached hydrogens (tertiary/aromatic N) is 1. The normalized spacial score (nSPS) is 19.4. The third kappa shape index (κ3) is 2.62. The summed E-state index contributed by atoms with van der Waals surface area (Å²) < 4.78 is 10.8. The predicted molar refractivity (Wildman–Crippen MR) is 58.8 cm³/mol. The molecule has 1 saturated heterocycles. The molecule has 1 aromatic heterocycles. The molecule has 0 bridgehead atoms. The van der Waals surface area contributed by atoms with Crippen LogP contribution in [0, 0.1) is 0 Å². The van der Waals surface area contributed by atoms with Gasteiger partial charge in [0.15, 0.2) is 0 Å². The maximum absolute atomic E-state index is 10.3. The Balaban J connectivity index is 2.11. The Bertz CT molecular complexity index is 380. The zero-order valence-electron chi connectivity index (χ0n) is 8.48. The second kappa shape index (κ2) is 5.14. The lowest BCUT2D eigenvalue weighted by Gasteiger charge is -2.13. The molecule has 16 heavy (non-hydrogen) atoms. The molecule has 86 valence electrons. The second-order valence-corrected chi connectivity index (χ2v) is 3.77. The second-order valence-electron chi connectivity index (χ2n) is 3.37. The van der Waals surface area contributed by atoms with E-state index in [4.69, 9.17) is 21.1 Å². The lowest BCUT2D eigenvalue weighted by molar-refractivity contribution is -0.105. The van der Waals surface area contributed by atoms with Crippen LogP contribution in [0.15, 0.2) is 12.3 Å². The first kappa shape index (κ1) is 11.2. The van der Waals surface area contributed by atoms with Crippen molar-refractivity contribution in [1.29, 1.82) is 0 Å². The quantitative estimate of drug-likeness (QED) is 0.813. The lowest BCUT2D eigenvalue weighted by Crippen LogP contribution is -2.16. The van der Waals surface area contributed by atoms with Gasteiger partial charge < -0.3 is 14.8 Å². The van der Waals surface area contributed by atoms with Crippen LogP contribution < -0.4 is 10.1 Å². The Kier molecular flexibility index (Phi) is 3.58. The van der Waals surface area contributed by atoms with Gasteiger partial charge in [-0.15, -0.1) is 0 Å². The van der Waals surface area contributed by atoms with Crippen LogP contribution >= 0.6 is 11.6 Å². The minimum Gasteiger partial charge on any atom is -0.486 e. The molecule has 0 saturated carbocycles. The number of pyridine rings is 1. The number of anilines is 1. The summed E-state index contributed by atoms with van der Waals surface area (Å²) in [5.41, 5.74) is 0. The van der Waals surface area contributed by atoms with Crippen molar-refractivity contribution in [2.75, 3.05) is 18.5 Å². The molecule has 0 radical (unpaired) electrons. The number of ether oxygens (including phenoxy) is 2. The summed E-state index contributed by atoms with van der Waals surface area (Å²) in [6.45, 7) is 1.27. The van der Waals surface area contributed by atoms with Crippen molar-refractivity contribution >= 4 is 23.8 Å². The smallest absolute Gasteiger partial charge is 0.212 e. The van der Waals surface area contributed by atoms with E-state index in [1.54, 1.807) is 6.07 Å². The predicted octanol–water partition coefficient (Wildman–Crippen LogP) is 1.47. The number of amides is 1. The van der Waals surface area contributed by atoms with Crippen LogP contribution in [0.4, 0.5) is 5.82 Å². The molecule has 1 fully saturated rings. The summed E-state index contributed by atoms with van der Waals surface area (Å²) in [6.07, 6.45) is 2.86. The van der Waals surface area contributed by atoms with Gasteiger partial charge in [-0.3, -0.25) is 4.79 Å². The molecule has 0 aromatic carbocycles. The number of hydrogen-bond acceptors (Lipinski definition) is 4. The fraction of sp³-hybridized carbons (Fsp3) is 0.400. The van der Waals surface area contributed by atoms with Gasteiger partial charge in [0.25, 0.3) is 0 Å². The number of rotatable bonds is 4. The average Bonchev–Trinajstić information content (AvgIpc) is 2.76. The van der Waals surface area contributed by atoms with E-state index in [2.05, 4.69) is 10.3 Å². The van der Waals surface area contributed by atoms with E-state index in [1.807, 2.05) is 0 Å². The SMILES string of the molecule is O=CNc1cc(OC2CCOC2)c(Cl)cn1. The minimum atomic E-state index is 0.0176. The molecule has 1 aliphatic rings. The molecule has 1 amide bonds. The van der Waals surface area contributed by atoms with Crippen LogP contribution in [0.3, 0.4) is 0 Å². The van der Waals surface area contributed by atoms with Crippen molar-refractivity contribution in [3.05, 3.63) is 17.3 Å². The molecule has 2 rings (SSSR count). The highest BCUT2D eigenvalue weighted by Gasteiger charge is 2.18. The highest BCUT2D eigenvalue weighted by Crippen LogP contribution is 2.28. The van der Waals surface area contributed by atoms with Crippen LogP contribution in [0.1, 0.15) is 6.42 Å². The highest BCUT2D eigenvalue weighted by atomic mass is 35.5. The van der Waals surface area contributed by atoms with E-state index in [1.165, 1.54) is 6.20 Å². The monoisotopic (exact) mass is 242 g/mol. The van der Waals surface area contributed by atoms with Crippen molar-refractivity contribution < 1.29 is 14.3 Å². The molecule has 6 heteroatoms. The Labute approximate surface area is 97.7 Å². The van der Waals surface area contributed by atoms with Crippen molar-refractivity contribution in [3.8, 4) is 5.75 Å². The summed E-state index contributed by atoms with van der Waals surface area (Å²) in [5, 5.41) is 2.86. The summed E-state index contributed by atoms with van der Waals surface area (Å²) in [7, 11) is 0. The standard InChI is InChI=1S/C10H11ClN2O3/c11-8-4-12-10(13-6-14)3-9(8)16-7-1-2-15-5-7/h3-4,6-7H,1-2,5H2,(H,12,13,14). The van der Waals surface area contributed by atoms with Gasteiger partial charge in [0.2, 0.25) is 6.41 Å². The maximum atomic E-state index is 10.3. The average molecular weight is 243 g/mol. The molecule has 1 aromatic rings. The van der Waals surface area contributed by atoms with E-state index < -0.39 is 0 Å². The van der Waals surface area contributed by atoms with E-state index in [0.717, 1.165) is 6.42 Å². The van der Waals surface area contributed by atoms with E-state index in [0.29, 0.717) is 36.2 Å². The molecule has 0 spiro atoms. The van der Waals surface area contributed by atoms with Crippen molar-refractivity contribution in [2.24, 2.45) is 0 Å². The van der Waals surface area contributed by atoms with Gasteiger partial charge in [-0.25, -0.2) is 4.98 Å². The number of aromatic nitrogens is 1. The zero-order chi connectivity index (χ0) is 11.4. The molecule has 1 N–H and O–H groups in total. The molecule has 5 nitrogen and oxygen atoms in total. The molecular weight excluding hydrogens is 232 g/mol. The van der Waals surface area contributed by atoms with Crippen molar-refractivity contribution in [3.63, 3.8) is 0 Å². The minimum absolute atomic E-state index is 0.0176. The van der Waals surface area contributed by atoms with Gasteiger partial charge >= 0.3 is 0 Å². The molecule has 0 aliphatic carbocycles. The van der Waals surface area contributed by atoms with Gasteiger partial charge in [0.05, 0.1) is 19.4 Å². The fourth-order valence-electron chi connectivity index (χ4n) is 1.44. The Morgan fingerprint density at radius 1 is 1.69 bits per heavy atom. The fourth-order valence-corrected chi connectivity index (χ4v) is 1.58. The zero-order valence-corrected chi connectivity index (χ0v) is 9.24. The third-order valence-electron chi connectivity index (χ3n) is 2.21. The molecule has 1 atom stereocenters. The lowest BCUT2D eigenvalue weighted by atomic mass is 10.3. The van der Waals surface area contributed by atoms with Gasteiger partial charge in [-0.05, 0) is 0 Å². The van der Waals surface area contributed by atoms with Gasteiger partial charge in [-0.1, -0.05) is 11.6 Å². The molecule has 1 aliphatic heterocycles. The Hall–Kier alpha value is -1.33. The van der Waals surface area contributed by atoms with Gasteiger partial charge in [-0.2, -0.15) is 0 Å².